The van der Waals surface area contributed by atoms with Crippen molar-refractivity contribution >= 4 is 28.8 Å². The first kappa shape index (κ1) is 14.4. The van der Waals surface area contributed by atoms with Gasteiger partial charge in [-0.1, -0.05) is 12.2 Å². The number of thiocarbonyl (C=S) groups is 1. The van der Waals surface area contributed by atoms with E-state index in [9.17, 15) is 4.79 Å². The lowest BCUT2D eigenvalue weighted by Gasteiger charge is -2.19. The molecule has 0 radical (unpaired) electrons. The van der Waals surface area contributed by atoms with E-state index in [4.69, 9.17) is 18.0 Å². The summed E-state index contributed by atoms with van der Waals surface area (Å²) in [5.74, 6) is -0.165. The predicted molar refractivity (Wildman–Crippen MR) is 76.9 cm³/mol. The summed E-state index contributed by atoms with van der Waals surface area (Å²) in [6.45, 7) is 3.17. The van der Waals surface area contributed by atoms with Gasteiger partial charge in [0.2, 0.25) is 0 Å². The highest BCUT2D eigenvalue weighted by molar-refractivity contribution is 7.80. The highest BCUT2D eigenvalue weighted by Gasteiger charge is 2.08. The minimum atomic E-state index is -0.165. The Hall–Kier alpha value is -1.69. The lowest BCUT2D eigenvalue weighted by Crippen LogP contribution is -2.26. The Balaban J connectivity index is 2.74. The number of carbonyl (C=O) groups excluding carboxylic acids is 1. The topological polar surface area (TPSA) is 71.2 Å². The Morgan fingerprint density at radius 2 is 2.33 bits per heavy atom. The van der Waals surface area contributed by atoms with Crippen LogP contribution in [0.2, 0.25) is 0 Å². The van der Waals surface area contributed by atoms with Crippen LogP contribution >= 0.6 is 12.2 Å². The fraction of sp³-hybridized carbons (Fsp3) is 0.417. The van der Waals surface area contributed by atoms with Crippen LogP contribution in [0.3, 0.4) is 0 Å². The summed E-state index contributed by atoms with van der Waals surface area (Å²) in [4.78, 5) is 18.2. The van der Waals surface area contributed by atoms with E-state index in [0.717, 1.165) is 5.69 Å². The summed E-state index contributed by atoms with van der Waals surface area (Å²) in [5, 5.41) is 2.72. The zero-order chi connectivity index (χ0) is 13.5. The van der Waals surface area contributed by atoms with Crippen LogP contribution in [0.25, 0.3) is 0 Å². The van der Waals surface area contributed by atoms with Crippen molar-refractivity contribution in [3.63, 3.8) is 0 Å². The van der Waals surface area contributed by atoms with Gasteiger partial charge in [-0.25, -0.2) is 0 Å². The van der Waals surface area contributed by atoms with Gasteiger partial charge in [-0.15, -0.1) is 0 Å². The van der Waals surface area contributed by atoms with E-state index >= 15 is 0 Å². The van der Waals surface area contributed by atoms with Crippen molar-refractivity contribution in [1.29, 1.82) is 0 Å². The number of pyridine rings is 1. The zero-order valence-electron chi connectivity index (χ0n) is 10.6. The second-order valence-corrected chi connectivity index (χ2v) is 4.42. The lowest BCUT2D eigenvalue weighted by atomic mass is 10.2. The maximum Gasteiger partial charge on any atom is 0.269 e. The molecule has 0 saturated carbocycles. The molecule has 5 nitrogen and oxygen atoms in total. The van der Waals surface area contributed by atoms with Gasteiger partial charge in [-0.05, 0) is 19.1 Å². The fourth-order valence-electron chi connectivity index (χ4n) is 1.44. The number of amides is 1. The Labute approximate surface area is 112 Å². The van der Waals surface area contributed by atoms with Crippen molar-refractivity contribution in [1.82, 2.24) is 10.3 Å². The number of anilines is 1. The molecule has 1 amide bonds. The number of nitrogens with one attached hydrogen (secondary N) is 1. The van der Waals surface area contributed by atoms with Crippen molar-refractivity contribution in [2.24, 2.45) is 5.73 Å². The first-order valence-corrected chi connectivity index (χ1v) is 6.19. The molecular formula is C12H18N4OS. The second kappa shape index (κ2) is 6.90. The second-order valence-electron chi connectivity index (χ2n) is 3.90. The van der Waals surface area contributed by atoms with Gasteiger partial charge in [0.05, 0.1) is 4.99 Å². The Morgan fingerprint density at radius 3 is 2.94 bits per heavy atom. The van der Waals surface area contributed by atoms with Gasteiger partial charge >= 0.3 is 0 Å². The number of hydrogen-bond acceptors (Lipinski definition) is 4. The molecule has 0 aliphatic rings. The standard InChI is InChI=1S/C12H18N4OS/c1-3-14-12(17)10-8-9(4-6-15-10)16(2)7-5-11(13)18/h4,6,8H,3,5,7H2,1-2H3,(H2,13,18)(H,14,17). The van der Waals surface area contributed by atoms with Crippen LogP contribution in [-0.4, -0.2) is 36.0 Å². The van der Waals surface area contributed by atoms with Crippen LogP contribution < -0.4 is 16.0 Å². The van der Waals surface area contributed by atoms with Crippen LogP contribution in [0.15, 0.2) is 18.3 Å². The minimum Gasteiger partial charge on any atom is -0.393 e. The molecule has 3 N–H and O–H groups in total. The van der Waals surface area contributed by atoms with Gasteiger partial charge < -0.3 is 16.0 Å². The van der Waals surface area contributed by atoms with Crippen molar-refractivity contribution in [3.8, 4) is 0 Å². The molecule has 1 aromatic heterocycles. The van der Waals surface area contributed by atoms with Gasteiger partial charge in [-0.2, -0.15) is 0 Å². The molecule has 6 heteroatoms. The molecule has 0 aliphatic carbocycles. The highest BCUT2D eigenvalue weighted by Crippen LogP contribution is 2.13. The molecule has 18 heavy (non-hydrogen) atoms. The molecule has 0 spiro atoms. The van der Waals surface area contributed by atoms with Crippen LogP contribution in [-0.2, 0) is 0 Å². The average Bonchev–Trinajstić information content (AvgIpc) is 2.36. The van der Waals surface area contributed by atoms with Crippen LogP contribution in [0, 0.1) is 0 Å². The monoisotopic (exact) mass is 266 g/mol. The molecule has 0 aromatic carbocycles. The maximum absolute atomic E-state index is 11.7. The van der Waals surface area contributed by atoms with E-state index in [-0.39, 0.29) is 5.91 Å². The summed E-state index contributed by atoms with van der Waals surface area (Å²) in [7, 11) is 1.93. The van der Waals surface area contributed by atoms with Crippen LogP contribution in [0.5, 0.6) is 0 Å². The molecule has 0 saturated heterocycles. The SMILES string of the molecule is CCNC(=O)c1cc(N(C)CCC(N)=S)ccn1. The number of carbonyl (C=O) groups is 1. The first-order valence-electron chi connectivity index (χ1n) is 5.78. The van der Waals surface area contributed by atoms with Crippen LogP contribution in [0.4, 0.5) is 5.69 Å². The molecular weight excluding hydrogens is 248 g/mol. The third-order valence-corrected chi connectivity index (χ3v) is 2.65. The molecule has 0 atom stereocenters. The summed E-state index contributed by atoms with van der Waals surface area (Å²) in [6.07, 6.45) is 2.27. The number of nitrogens with zero attached hydrogens (tertiary/aromatic N) is 2. The summed E-state index contributed by atoms with van der Waals surface area (Å²) >= 11 is 4.84. The number of aromatic nitrogens is 1. The zero-order valence-corrected chi connectivity index (χ0v) is 11.5. The van der Waals surface area contributed by atoms with Crippen molar-refractivity contribution in [3.05, 3.63) is 24.0 Å². The smallest absolute Gasteiger partial charge is 0.269 e. The molecule has 0 unspecified atom stereocenters. The number of hydrogen-bond donors (Lipinski definition) is 2. The van der Waals surface area contributed by atoms with E-state index in [1.165, 1.54) is 0 Å². The first-order chi connectivity index (χ1) is 8.54. The minimum absolute atomic E-state index is 0.165. The summed E-state index contributed by atoms with van der Waals surface area (Å²) in [6, 6.07) is 3.60. The molecule has 0 bridgehead atoms. The Bertz CT molecular complexity index is 436. The Kier molecular flexibility index (Phi) is 5.51. The number of nitrogens with two attached hydrogens (primary N) is 1. The third kappa shape index (κ3) is 4.29. The molecule has 0 aliphatic heterocycles. The van der Waals surface area contributed by atoms with E-state index in [1.54, 1.807) is 12.3 Å². The average molecular weight is 266 g/mol. The van der Waals surface area contributed by atoms with E-state index in [2.05, 4.69) is 10.3 Å². The third-order valence-electron chi connectivity index (χ3n) is 2.45. The van der Waals surface area contributed by atoms with Crippen LogP contribution in [0.1, 0.15) is 23.8 Å². The van der Waals surface area contributed by atoms with Gasteiger partial charge in [0.25, 0.3) is 5.91 Å². The highest BCUT2D eigenvalue weighted by atomic mass is 32.1. The molecule has 0 fully saturated rings. The molecule has 1 aromatic rings. The van der Waals surface area contributed by atoms with E-state index < -0.39 is 0 Å². The van der Waals surface area contributed by atoms with E-state index in [1.807, 2.05) is 24.9 Å². The molecule has 1 heterocycles. The van der Waals surface area contributed by atoms with E-state index in [0.29, 0.717) is 30.2 Å². The van der Waals surface area contributed by atoms with Gasteiger partial charge in [0, 0.05) is 38.4 Å². The van der Waals surface area contributed by atoms with Gasteiger partial charge in [0.15, 0.2) is 0 Å². The molecule has 1 rings (SSSR count). The quantitative estimate of drug-likeness (QED) is 0.750. The lowest BCUT2D eigenvalue weighted by molar-refractivity contribution is 0.0951. The predicted octanol–water partition coefficient (Wildman–Crippen LogP) is 0.944. The maximum atomic E-state index is 11.7. The van der Waals surface area contributed by atoms with Gasteiger partial charge in [-0.3, -0.25) is 9.78 Å². The van der Waals surface area contributed by atoms with Crippen molar-refractivity contribution in [2.45, 2.75) is 13.3 Å². The fourth-order valence-corrected chi connectivity index (χ4v) is 1.53. The summed E-state index contributed by atoms with van der Waals surface area (Å²) in [5.41, 5.74) is 6.80. The van der Waals surface area contributed by atoms with Gasteiger partial charge in [0.1, 0.15) is 5.69 Å². The normalized spacial score (nSPS) is 9.89. The number of rotatable bonds is 6. The summed E-state index contributed by atoms with van der Waals surface area (Å²) < 4.78 is 0. The van der Waals surface area contributed by atoms with Crippen molar-refractivity contribution in [2.75, 3.05) is 25.0 Å². The molecule has 98 valence electrons. The Morgan fingerprint density at radius 1 is 1.61 bits per heavy atom. The largest absolute Gasteiger partial charge is 0.393 e. The van der Waals surface area contributed by atoms with Crippen molar-refractivity contribution < 1.29 is 4.79 Å².